The number of hydrogen-bond donors (Lipinski definition) is 0. The number of rotatable bonds is 0. The molecule has 0 aliphatic carbocycles. The summed E-state index contributed by atoms with van der Waals surface area (Å²) in [5.41, 5.74) is 0.514. The minimum atomic E-state index is 0. The summed E-state index contributed by atoms with van der Waals surface area (Å²) in [4.78, 5) is 0. The van der Waals surface area contributed by atoms with Gasteiger partial charge < -0.3 is 6.92 Å². The molecule has 0 aromatic carbocycles. The van der Waals surface area contributed by atoms with Crippen LogP contribution in [0.5, 0.6) is 0 Å². The van der Waals surface area contributed by atoms with Gasteiger partial charge >= 0.3 is 0 Å². The van der Waals surface area contributed by atoms with Crippen LogP contribution < -0.4 is 0 Å². The smallest absolute Gasteiger partial charge is 0 e. The predicted octanol–water partition coefficient (Wildman–Crippen LogP) is 2.89. The minimum absolute atomic E-state index is 0. The van der Waals surface area contributed by atoms with Crippen LogP contribution in [0.25, 0.3) is 0 Å². The Morgan fingerprint density at radius 1 is 0.889 bits per heavy atom. The van der Waals surface area contributed by atoms with Crippen molar-refractivity contribution in [3.8, 4) is 0 Å². The monoisotopic (exact) mass is 287 g/mol. The van der Waals surface area contributed by atoms with Gasteiger partial charge in [0.1, 0.15) is 0 Å². The molecule has 0 saturated carbocycles. The third-order valence-electron chi connectivity index (χ3n) is 2.03. The van der Waals surface area contributed by atoms with Crippen molar-refractivity contribution in [1.82, 2.24) is 0 Å². The molecule has 0 aromatic rings. The Balaban J connectivity index is 0. The van der Waals surface area contributed by atoms with E-state index in [4.69, 9.17) is 0 Å². The molecule has 0 saturated heterocycles. The third-order valence-corrected chi connectivity index (χ3v) is 2.03. The van der Waals surface area contributed by atoms with Crippen molar-refractivity contribution in [1.29, 1.82) is 0 Å². The molecule has 0 aliphatic heterocycles. The molecule has 0 aliphatic rings. The van der Waals surface area contributed by atoms with E-state index in [-0.39, 0.29) is 52.3 Å². The Labute approximate surface area is 98.0 Å². The van der Waals surface area contributed by atoms with Crippen molar-refractivity contribution in [2.75, 3.05) is 0 Å². The van der Waals surface area contributed by atoms with Crippen LogP contribution in [0.1, 0.15) is 34.6 Å². The molecule has 0 N–H and O–H groups in total. The predicted molar refractivity (Wildman–Crippen MR) is 38.6 cm³/mol. The van der Waals surface area contributed by atoms with E-state index in [1.54, 1.807) is 0 Å². The van der Waals surface area contributed by atoms with Gasteiger partial charge in [-0.1, -0.05) is 40.0 Å². The van der Waals surface area contributed by atoms with Gasteiger partial charge in [-0.3, -0.25) is 0 Å². The zero-order chi connectivity index (χ0) is 7.00. The normalized spacial score (nSPS) is 12.7. The largest absolute Gasteiger partial charge is 0.337 e. The van der Waals surface area contributed by atoms with E-state index < -0.39 is 0 Å². The molecule has 0 unspecified atom stereocenters. The summed E-state index contributed by atoms with van der Waals surface area (Å²) in [6.07, 6.45) is 0. The zero-order valence-electron chi connectivity index (χ0n) is 6.97. The second-order valence-corrected chi connectivity index (χ2v) is 4.13. The molecule has 0 radical (unpaired) electrons. The van der Waals surface area contributed by atoms with Crippen LogP contribution in [0.3, 0.4) is 0 Å². The SMILES string of the molecule is [CH2-]C(C)(C)C(C)(C)C.[Yb]. The average molecular weight is 286 g/mol. The first-order valence-electron chi connectivity index (χ1n) is 3.10. The van der Waals surface area contributed by atoms with Gasteiger partial charge in [-0.2, -0.15) is 5.41 Å². The van der Waals surface area contributed by atoms with E-state index in [0.29, 0.717) is 5.41 Å². The molecule has 0 amide bonds. The average Bonchev–Trinajstić information content (AvgIpc) is 1.25. The zero-order valence-corrected chi connectivity index (χ0v) is 8.69. The molecule has 0 nitrogen and oxygen atoms in total. The molecule has 0 spiro atoms. The van der Waals surface area contributed by atoms with Crippen molar-refractivity contribution in [3.05, 3.63) is 6.92 Å². The first kappa shape index (κ1) is 13.1. The quantitative estimate of drug-likeness (QED) is 0.601. The van der Waals surface area contributed by atoms with Gasteiger partial charge in [-0.25, -0.2) is 0 Å². The molecule has 1 heteroatoms. The van der Waals surface area contributed by atoms with Crippen LogP contribution in [0.4, 0.5) is 0 Å². The standard InChI is InChI=1S/C8H17.Yb/c1-7(2,3)8(4,5)6;/h1H2,2-6H3;/q-1;. The van der Waals surface area contributed by atoms with E-state index in [2.05, 4.69) is 41.5 Å². The van der Waals surface area contributed by atoms with Gasteiger partial charge in [-0.15, -0.1) is 0 Å². The molecule has 0 aromatic heterocycles. The van der Waals surface area contributed by atoms with Crippen molar-refractivity contribution < 1.29 is 46.9 Å². The van der Waals surface area contributed by atoms with E-state index >= 15 is 0 Å². The summed E-state index contributed by atoms with van der Waals surface area (Å²) in [7, 11) is 0. The summed E-state index contributed by atoms with van der Waals surface area (Å²) in [6.45, 7) is 15.0. The van der Waals surface area contributed by atoms with Crippen LogP contribution in [-0.2, 0) is 0 Å². The summed E-state index contributed by atoms with van der Waals surface area (Å²) >= 11 is 0. The first-order valence-corrected chi connectivity index (χ1v) is 3.10. The van der Waals surface area contributed by atoms with E-state index in [1.807, 2.05) is 0 Å². The second-order valence-electron chi connectivity index (χ2n) is 4.13. The molecule has 64 valence electrons. The summed E-state index contributed by atoms with van der Waals surface area (Å²) in [6, 6.07) is 0. The Bertz CT molecular complexity index is 59.5. The second kappa shape index (κ2) is 3.78. The fourth-order valence-corrected chi connectivity index (χ4v) is 0. The van der Waals surface area contributed by atoms with Crippen molar-refractivity contribution in [3.63, 3.8) is 0 Å². The first-order chi connectivity index (χ1) is 3.25. The maximum Gasteiger partial charge on any atom is 0 e. The summed E-state index contributed by atoms with van der Waals surface area (Å²) in [5.74, 6) is 0. The van der Waals surface area contributed by atoms with Crippen molar-refractivity contribution in [2.45, 2.75) is 34.6 Å². The van der Waals surface area contributed by atoms with E-state index in [9.17, 15) is 0 Å². The molecule has 9 heavy (non-hydrogen) atoms. The fraction of sp³-hybridized carbons (Fsp3) is 0.875. The Hall–Kier alpha value is 1.52. The van der Waals surface area contributed by atoms with Crippen molar-refractivity contribution in [2.24, 2.45) is 10.8 Å². The van der Waals surface area contributed by atoms with Gasteiger partial charge in [0.05, 0.1) is 0 Å². The number of hydrogen-bond acceptors (Lipinski definition) is 0. The molecule has 0 fully saturated rings. The van der Waals surface area contributed by atoms with Gasteiger partial charge in [-0.05, 0) is 0 Å². The van der Waals surface area contributed by atoms with E-state index in [0.717, 1.165) is 0 Å². The van der Waals surface area contributed by atoms with Crippen LogP contribution in [0.2, 0.25) is 0 Å². The molecular weight excluding hydrogens is 269 g/mol. The van der Waals surface area contributed by atoms with Crippen LogP contribution in [0, 0.1) is 64.7 Å². The van der Waals surface area contributed by atoms with Gasteiger partial charge in [0, 0.05) is 46.9 Å². The molecular formula is C8H17Yb-. The van der Waals surface area contributed by atoms with E-state index in [1.165, 1.54) is 0 Å². The molecule has 0 heterocycles. The van der Waals surface area contributed by atoms with Gasteiger partial charge in [0.2, 0.25) is 0 Å². The Morgan fingerprint density at radius 2 is 1.00 bits per heavy atom. The van der Waals surface area contributed by atoms with Crippen molar-refractivity contribution >= 4 is 0 Å². The van der Waals surface area contributed by atoms with Crippen LogP contribution in [0.15, 0.2) is 0 Å². The summed E-state index contributed by atoms with van der Waals surface area (Å²) in [5, 5.41) is 0. The van der Waals surface area contributed by atoms with Gasteiger partial charge in [0.25, 0.3) is 0 Å². The topological polar surface area (TPSA) is 0 Å². The minimum Gasteiger partial charge on any atom is -0.337 e. The Kier molecular flexibility index (Phi) is 5.52. The molecule has 0 bridgehead atoms. The Morgan fingerprint density at radius 3 is 1.00 bits per heavy atom. The van der Waals surface area contributed by atoms with Gasteiger partial charge in [0.15, 0.2) is 0 Å². The molecule has 0 atom stereocenters. The fourth-order valence-electron chi connectivity index (χ4n) is 0. The maximum atomic E-state index is 4.04. The summed E-state index contributed by atoms with van der Waals surface area (Å²) < 4.78 is 0. The molecule has 0 rings (SSSR count). The maximum absolute atomic E-state index is 4.04. The van der Waals surface area contributed by atoms with Crippen LogP contribution >= 0.6 is 0 Å². The van der Waals surface area contributed by atoms with Crippen LogP contribution in [-0.4, -0.2) is 0 Å². The third kappa shape index (κ3) is 4.86.